The predicted molar refractivity (Wildman–Crippen MR) is 172 cm³/mol. The molecular weight excluding hydrogens is 660 g/mol. The van der Waals surface area contributed by atoms with Crippen molar-refractivity contribution in [2.45, 2.75) is 94.8 Å². The Kier molecular flexibility index (Phi) is 12.0. The summed E-state index contributed by atoms with van der Waals surface area (Å²) in [7, 11) is 0. The zero-order chi connectivity index (χ0) is 27.1. The largest absolute Gasteiger partial charge is 0.252 e. The molecule has 0 heterocycles. The SMILES string of the molecule is CCC(C(C)[Si](C)(Cl)Cl)(C(C)[Si](C)(Cl)Cl)C(c1ccccc1)(C(C)[Si](C)(Cl)Cl)C(C)[Si](C)(Cl)Cl. The van der Waals surface area contributed by atoms with Gasteiger partial charge in [-0.25, -0.2) is 0 Å². The first-order chi connectivity index (χ1) is 15.0. The van der Waals surface area contributed by atoms with Crippen LogP contribution in [0.2, 0.25) is 48.4 Å². The van der Waals surface area contributed by atoms with Crippen LogP contribution in [-0.2, 0) is 5.41 Å². The van der Waals surface area contributed by atoms with E-state index in [-0.39, 0.29) is 22.2 Å². The standard InChI is InChI=1S/C22H38Cl8Si4/c1-10-21(16(2)31(6,23)24,17(3)32(7,25)26)22(18(4)33(8,27)28,19(5)34(9,29)30)20-14-12-11-13-15-20/h11-19H,10H2,1-9H3. The second kappa shape index (κ2) is 11.9. The van der Waals surface area contributed by atoms with Crippen LogP contribution in [0, 0.1) is 5.41 Å². The van der Waals surface area contributed by atoms with Crippen LogP contribution >= 0.6 is 88.6 Å². The molecule has 0 aliphatic heterocycles. The van der Waals surface area contributed by atoms with E-state index in [0.717, 1.165) is 12.0 Å². The fourth-order valence-electron chi connectivity index (χ4n) is 6.36. The van der Waals surface area contributed by atoms with E-state index in [9.17, 15) is 0 Å². The first-order valence-corrected chi connectivity index (χ1v) is 30.0. The monoisotopic (exact) mass is 694 g/mol. The molecule has 1 aromatic rings. The molecule has 0 fully saturated rings. The van der Waals surface area contributed by atoms with Crippen LogP contribution in [0.3, 0.4) is 0 Å². The van der Waals surface area contributed by atoms with E-state index in [1.807, 2.05) is 44.4 Å². The fraction of sp³-hybridized carbons (Fsp3) is 0.727. The van der Waals surface area contributed by atoms with Crippen LogP contribution in [0.25, 0.3) is 0 Å². The average Bonchev–Trinajstić information content (AvgIpc) is 2.68. The summed E-state index contributed by atoms with van der Waals surface area (Å²) in [5.41, 5.74) is -0.716. The minimum absolute atomic E-state index is 0.118. The average molecular weight is 699 g/mol. The molecule has 4 unspecified atom stereocenters. The molecule has 0 radical (unpaired) electrons. The summed E-state index contributed by atoms with van der Waals surface area (Å²) < 4.78 is 0. The molecular formula is C22H38Cl8Si4. The molecule has 0 N–H and O–H groups in total. The van der Waals surface area contributed by atoms with Crippen LogP contribution in [0.1, 0.15) is 46.6 Å². The van der Waals surface area contributed by atoms with Gasteiger partial charge in [0.2, 0.25) is 0 Å². The van der Waals surface area contributed by atoms with Crippen molar-refractivity contribution in [2.24, 2.45) is 5.41 Å². The van der Waals surface area contributed by atoms with Crippen molar-refractivity contribution in [3.8, 4) is 0 Å². The molecule has 0 aromatic heterocycles. The Morgan fingerprint density at radius 3 is 1.12 bits per heavy atom. The maximum Gasteiger partial charge on any atom is 0.252 e. The van der Waals surface area contributed by atoms with Crippen molar-refractivity contribution < 1.29 is 0 Å². The normalized spacial score (nSPS) is 21.2. The molecule has 4 atom stereocenters. The lowest BCUT2D eigenvalue weighted by molar-refractivity contribution is 0.0793. The van der Waals surface area contributed by atoms with E-state index in [0.29, 0.717) is 0 Å². The van der Waals surface area contributed by atoms with Gasteiger partial charge in [0.15, 0.2) is 0 Å². The molecule has 0 amide bonds. The Hall–Kier alpha value is 2.41. The first kappa shape index (κ1) is 34.4. The predicted octanol–water partition coefficient (Wildman–Crippen LogP) is 12.1. The molecule has 34 heavy (non-hydrogen) atoms. The highest BCUT2D eigenvalue weighted by molar-refractivity contribution is 7.47. The number of rotatable bonds is 11. The van der Waals surface area contributed by atoms with Crippen molar-refractivity contribution in [1.82, 2.24) is 0 Å². The van der Waals surface area contributed by atoms with Crippen LogP contribution in [0.5, 0.6) is 0 Å². The van der Waals surface area contributed by atoms with E-state index in [2.05, 4.69) is 46.8 Å². The van der Waals surface area contributed by atoms with E-state index in [4.69, 9.17) is 88.6 Å². The molecule has 1 aromatic carbocycles. The zero-order valence-electron chi connectivity index (χ0n) is 21.4. The molecule has 0 nitrogen and oxygen atoms in total. The van der Waals surface area contributed by atoms with E-state index in [1.165, 1.54) is 0 Å². The van der Waals surface area contributed by atoms with Gasteiger partial charge in [0.1, 0.15) is 0 Å². The third-order valence-electron chi connectivity index (χ3n) is 8.56. The summed E-state index contributed by atoms with van der Waals surface area (Å²) in [6, 6.07) is 10.4. The molecule has 0 saturated heterocycles. The molecule has 0 saturated carbocycles. The molecule has 0 aliphatic carbocycles. The summed E-state index contributed by atoms with van der Waals surface area (Å²) in [4.78, 5) is 0. The van der Waals surface area contributed by atoms with Gasteiger partial charge in [0.25, 0.3) is 26.8 Å². The van der Waals surface area contributed by atoms with Gasteiger partial charge in [-0.2, -0.15) is 0 Å². The van der Waals surface area contributed by atoms with Crippen molar-refractivity contribution >= 4 is 115 Å². The van der Waals surface area contributed by atoms with E-state index in [1.54, 1.807) is 0 Å². The van der Waals surface area contributed by atoms with Gasteiger partial charge in [-0.3, -0.25) is 0 Å². The van der Waals surface area contributed by atoms with Crippen LogP contribution in [0.15, 0.2) is 30.3 Å². The first-order valence-electron chi connectivity index (χ1n) is 11.6. The number of benzene rings is 1. The van der Waals surface area contributed by atoms with Crippen molar-refractivity contribution in [3.63, 3.8) is 0 Å². The fourth-order valence-corrected chi connectivity index (χ4v) is 17.3. The molecule has 198 valence electrons. The summed E-state index contributed by atoms with van der Waals surface area (Å²) >= 11 is 56.9. The van der Waals surface area contributed by atoms with Crippen molar-refractivity contribution in [2.75, 3.05) is 0 Å². The third kappa shape index (κ3) is 6.58. The lowest BCUT2D eigenvalue weighted by Gasteiger charge is -2.66. The Morgan fingerprint density at radius 1 is 0.588 bits per heavy atom. The lowest BCUT2D eigenvalue weighted by Crippen LogP contribution is -2.64. The quantitative estimate of drug-likeness (QED) is 0.159. The van der Waals surface area contributed by atoms with Gasteiger partial charge < -0.3 is 0 Å². The maximum atomic E-state index is 7.14. The molecule has 0 bridgehead atoms. The highest BCUT2D eigenvalue weighted by Crippen LogP contribution is 2.74. The topological polar surface area (TPSA) is 0 Å². The van der Waals surface area contributed by atoms with E-state index >= 15 is 0 Å². The Labute approximate surface area is 249 Å². The summed E-state index contributed by atoms with van der Waals surface area (Å²) in [6.45, 7) is 7.36. The lowest BCUT2D eigenvalue weighted by atomic mass is 9.52. The number of hydrogen-bond donors (Lipinski definition) is 0. The molecule has 12 heteroatoms. The van der Waals surface area contributed by atoms with Gasteiger partial charge in [0.05, 0.1) is 0 Å². The minimum Gasteiger partial charge on any atom is -0.146 e. The molecule has 0 aliphatic rings. The Morgan fingerprint density at radius 2 is 0.882 bits per heavy atom. The van der Waals surface area contributed by atoms with Gasteiger partial charge in [-0.15, -0.1) is 88.6 Å². The summed E-state index contributed by atoms with van der Waals surface area (Å²) in [5, 5.41) is 0. The smallest absolute Gasteiger partial charge is 0.146 e. The van der Waals surface area contributed by atoms with Gasteiger partial charge in [0, 0.05) is 5.41 Å². The van der Waals surface area contributed by atoms with E-state index < -0.39 is 37.6 Å². The highest BCUT2D eigenvalue weighted by atomic mass is 35.7. The zero-order valence-corrected chi connectivity index (χ0v) is 31.5. The Balaban J connectivity index is 4.56. The highest BCUT2D eigenvalue weighted by Gasteiger charge is 2.70. The second-order valence-electron chi connectivity index (χ2n) is 10.3. The summed E-state index contributed by atoms with van der Waals surface area (Å²) in [5.74, 6) is 0. The van der Waals surface area contributed by atoms with Crippen LogP contribution < -0.4 is 0 Å². The van der Waals surface area contributed by atoms with Crippen molar-refractivity contribution in [3.05, 3.63) is 35.9 Å². The summed E-state index contributed by atoms with van der Waals surface area (Å²) in [6.07, 6.45) is 0.722. The second-order valence-corrected chi connectivity index (χ2v) is 42.6. The minimum atomic E-state index is -2.85. The van der Waals surface area contributed by atoms with Gasteiger partial charge >= 0.3 is 0 Å². The van der Waals surface area contributed by atoms with Gasteiger partial charge in [-0.1, -0.05) is 65.0 Å². The van der Waals surface area contributed by atoms with Crippen molar-refractivity contribution in [1.29, 1.82) is 0 Å². The van der Waals surface area contributed by atoms with Crippen LogP contribution in [-0.4, -0.2) is 26.8 Å². The Bertz CT molecular complexity index is 756. The van der Waals surface area contributed by atoms with Crippen LogP contribution in [0.4, 0.5) is 0 Å². The third-order valence-corrected chi connectivity index (χ3v) is 24.4. The molecule has 0 spiro atoms. The van der Waals surface area contributed by atoms with Gasteiger partial charge in [-0.05, 0) is 65.8 Å². The maximum absolute atomic E-state index is 7.14. The number of halogens is 8. The number of hydrogen-bond acceptors (Lipinski definition) is 0. The molecule has 1 rings (SSSR count).